The summed E-state index contributed by atoms with van der Waals surface area (Å²) in [4.78, 5) is 16.0. The number of nitrogens with zero attached hydrogens (tertiary/aromatic N) is 2. The highest BCUT2D eigenvalue weighted by Crippen LogP contribution is 2.30. The third kappa shape index (κ3) is 5.79. The number of piperazine rings is 1. The number of hydrogen-bond donors (Lipinski definition) is 0. The zero-order valence-corrected chi connectivity index (χ0v) is 17.0. The average molecular weight is 403 g/mol. The minimum atomic E-state index is -0.335. The number of benzene rings is 2. The predicted molar refractivity (Wildman–Crippen MR) is 111 cm³/mol. The van der Waals surface area contributed by atoms with E-state index < -0.39 is 0 Å². The van der Waals surface area contributed by atoms with Gasteiger partial charge in [0, 0.05) is 37.7 Å². The van der Waals surface area contributed by atoms with Crippen LogP contribution in [0.2, 0.25) is 5.02 Å². The molecule has 2 aromatic carbocycles. The molecule has 0 aliphatic carbocycles. The first kappa shape index (κ1) is 20.8. The maximum absolute atomic E-state index is 11.1. The van der Waals surface area contributed by atoms with Gasteiger partial charge >= 0.3 is 5.97 Å². The lowest BCUT2D eigenvalue weighted by molar-refractivity contribution is -0.146. The molecule has 2 aromatic rings. The van der Waals surface area contributed by atoms with Gasteiger partial charge in [-0.1, -0.05) is 54.1 Å². The Balaban J connectivity index is 1.59. The molecular formula is C22H27ClN2O3. The molecule has 28 heavy (non-hydrogen) atoms. The van der Waals surface area contributed by atoms with E-state index in [0.717, 1.165) is 37.7 Å². The molecule has 3 rings (SSSR count). The monoisotopic (exact) mass is 402 g/mol. The van der Waals surface area contributed by atoms with Gasteiger partial charge in [-0.3, -0.25) is 9.80 Å². The topological polar surface area (TPSA) is 42.0 Å². The third-order valence-corrected chi connectivity index (χ3v) is 5.32. The number of rotatable bonds is 8. The lowest BCUT2D eigenvalue weighted by Gasteiger charge is -2.39. The molecule has 0 saturated carbocycles. The van der Waals surface area contributed by atoms with Gasteiger partial charge in [-0.25, -0.2) is 4.79 Å². The van der Waals surface area contributed by atoms with Crippen LogP contribution >= 0.6 is 11.6 Å². The zero-order chi connectivity index (χ0) is 19.8. The molecule has 0 aromatic heterocycles. The first-order valence-electron chi connectivity index (χ1n) is 9.59. The molecule has 0 spiro atoms. The van der Waals surface area contributed by atoms with E-state index in [9.17, 15) is 4.79 Å². The SMILES string of the molecule is COC(=O)COCCN1CCN([C@H](c2ccccc2)c2ccc(Cl)cc2)CC1. The van der Waals surface area contributed by atoms with Gasteiger partial charge in [0.15, 0.2) is 0 Å². The van der Waals surface area contributed by atoms with Crippen molar-refractivity contribution >= 4 is 17.6 Å². The summed E-state index contributed by atoms with van der Waals surface area (Å²) >= 11 is 6.10. The Kier molecular flexibility index (Phi) is 7.86. The summed E-state index contributed by atoms with van der Waals surface area (Å²) in [7, 11) is 1.37. The largest absolute Gasteiger partial charge is 0.467 e. The highest BCUT2D eigenvalue weighted by atomic mass is 35.5. The van der Waals surface area contributed by atoms with Crippen LogP contribution in [-0.4, -0.2) is 68.8 Å². The summed E-state index contributed by atoms with van der Waals surface area (Å²) in [6.45, 7) is 5.26. The van der Waals surface area contributed by atoms with Crippen LogP contribution in [0.1, 0.15) is 17.2 Å². The van der Waals surface area contributed by atoms with E-state index in [2.05, 4.69) is 57.0 Å². The molecule has 0 N–H and O–H groups in total. The fourth-order valence-electron chi connectivity index (χ4n) is 3.55. The first-order chi connectivity index (χ1) is 13.7. The summed E-state index contributed by atoms with van der Waals surface area (Å²) in [5, 5.41) is 0.757. The van der Waals surface area contributed by atoms with Crippen molar-refractivity contribution < 1.29 is 14.3 Å². The summed E-state index contributed by atoms with van der Waals surface area (Å²) in [6, 6.07) is 19.0. The summed E-state index contributed by atoms with van der Waals surface area (Å²) in [5.41, 5.74) is 2.55. The van der Waals surface area contributed by atoms with Crippen molar-refractivity contribution in [2.24, 2.45) is 0 Å². The Labute approximate surface area is 171 Å². The standard InChI is InChI=1S/C22H27ClN2O3/c1-27-21(26)17-28-16-15-24-11-13-25(14-12-24)22(18-5-3-2-4-6-18)19-7-9-20(23)10-8-19/h2-10,22H,11-17H2,1H3/t22-/m1/s1. The Morgan fingerprint density at radius 1 is 1.00 bits per heavy atom. The van der Waals surface area contributed by atoms with Gasteiger partial charge in [-0.2, -0.15) is 0 Å². The highest BCUT2D eigenvalue weighted by molar-refractivity contribution is 6.30. The predicted octanol–water partition coefficient (Wildman–Crippen LogP) is 3.24. The Morgan fingerprint density at radius 3 is 2.29 bits per heavy atom. The molecule has 1 saturated heterocycles. The normalized spacial score (nSPS) is 16.6. The molecule has 1 fully saturated rings. The van der Waals surface area contributed by atoms with Gasteiger partial charge in [0.1, 0.15) is 6.61 Å². The van der Waals surface area contributed by atoms with Gasteiger partial charge in [0.05, 0.1) is 19.8 Å². The fourth-order valence-corrected chi connectivity index (χ4v) is 3.67. The van der Waals surface area contributed by atoms with Gasteiger partial charge in [-0.05, 0) is 23.3 Å². The van der Waals surface area contributed by atoms with Crippen LogP contribution in [0.15, 0.2) is 54.6 Å². The van der Waals surface area contributed by atoms with Gasteiger partial charge in [0.25, 0.3) is 0 Å². The van der Waals surface area contributed by atoms with Crippen LogP contribution in [0, 0.1) is 0 Å². The molecular weight excluding hydrogens is 376 g/mol. The first-order valence-corrected chi connectivity index (χ1v) is 9.96. The van der Waals surface area contributed by atoms with Crippen molar-refractivity contribution in [3.05, 3.63) is 70.7 Å². The van der Waals surface area contributed by atoms with Crippen molar-refractivity contribution in [2.45, 2.75) is 6.04 Å². The number of carbonyl (C=O) groups is 1. The van der Waals surface area contributed by atoms with Gasteiger partial charge in [-0.15, -0.1) is 0 Å². The minimum Gasteiger partial charge on any atom is -0.467 e. The summed E-state index contributed by atoms with van der Waals surface area (Å²) in [6.07, 6.45) is 0. The van der Waals surface area contributed by atoms with Gasteiger partial charge < -0.3 is 9.47 Å². The van der Waals surface area contributed by atoms with Crippen LogP contribution in [0.4, 0.5) is 0 Å². The second-order valence-electron chi connectivity index (χ2n) is 6.87. The average Bonchev–Trinajstić information content (AvgIpc) is 2.74. The molecule has 5 nitrogen and oxygen atoms in total. The van der Waals surface area contributed by atoms with Crippen molar-refractivity contribution in [3.63, 3.8) is 0 Å². The quantitative estimate of drug-likeness (QED) is 0.501. The van der Waals surface area contributed by atoms with E-state index in [1.54, 1.807) is 0 Å². The number of ether oxygens (including phenoxy) is 2. The van der Waals surface area contributed by atoms with Crippen molar-refractivity contribution in [1.29, 1.82) is 0 Å². The lowest BCUT2D eigenvalue weighted by Crippen LogP contribution is -2.48. The van der Waals surface area contributed by atoms with Gasteiger partial charge in [0.2, 0.25) is 0 Å². The molecule has 0 radical (unpaired) electrons. The van der Waals surface area contributed by atoms with Crippen LogP contribution in [0.5, 0.6) is 0 Å². The van der Waals surface area contributed by atoms with Crippen molar-refractivity contribution in [1.82, 2.24) is 9.80 Å². The number of hydrogen-bond acceptors (Lipinski definition) is 5. The number of carbonyl (C=O) groups excluding carboxylic acids is 1. The molecule has 1 atom stereocenters. The van der Waals surface area contributed by atoms with E-state index in [1.807, 2.05) is 12.1 Å². The van der Waals surface area contributed by atoms with Crippen LogP contribution in [-0.2, 0) is 14.3 Å². The second-order valence-corrected chi connectivity index (χ2v) is 7.31. The maximum atomic E-state index is 11.1. The summed E-state index contributed by atoms with van der Waals surface area (Å²) in [5.74, 6) is -0.335. The molecule has 0 bridgehead atoms. The number of halogens is 1. The number of methoxy groups -OCH3 is 1. The molecule has 0 amide bonds. The molecule has 1 aliphatic rings. The highest BCUT2D eigenvalue weighted by Gasteiger charge is 2.26. The van der Waals surface area contributed by atoms with E-state index in [1.165, 1.54) is 18.2 Å². The minimum absolute atomic E-state index is 0.0170. The van der Waals surface area contributed by atoms with Crippen LogP contribution < -0.4 is 0 Å². The Morgan fingerprint density at radius 2 is 1.64 bits per heavy atom. The summed E-state index contributed by atoms with van der Waals surface area (Å²) < 4.78 is 9.95. The lowest BCUT2D eigenvalue weighted by atomic mass is 9.96. The van der Waals surface area contributed by atoms with E-state index in [-0.39, 0.29) is 18.6 Å². The Bertz CT molecular complexity index is 731. The molecule has 0 unspecified atom stereocenters. The van der Waals surface area contributed by atoms with E-state index >= 15 is 0 Å². The molecule has 1 heterocycles. The smallest absolute Gasteiger partial charge is 0.331 e. The van der Waals surface area contributed by atoms with Crippen LogP contribution in [0.3, 0.4) is 0 Å². The zero-order valence-electron chi connectivity index (χ0n) is 16.2. The van der Waals surface area contributed by atoms with Crippen molar-refractivity contribution in [2.75, 3.05) is 53.0 Å². The molecule has 150 valence electrons. The van der Waals surface area contributed by atoms with Crippen LogP contribution in [0.25, 0.3) is 0 Å². The van der Waals surface area contributed by atoms with E-state index in [4.69, 9.17) is 16.3 Å². The van der Waals surface area contributed by atoms with E-state index in [0.29, 0.717) is 6.61 Å². The second kappa shape index (κ2) is 10.6. The Hall–Kier alpha value is -1.92. The molecule has 6 heteroatoms. The van der Waals surface area contributed by atoms with Crippen molar-refractivity contribution in [3.8, 4) is 0 Å². The maximum Gasteiger partial charge on any atom is 0.331 e. The number of esters is 1. The third-order valence-electron chi connectivity index (χ3n) is 5.07. The molecule has 1 aliphatic heterocycles. The fraction of sp³-hybridized carbons (Fsp3) is 0.409.